The van der Waals surface area contributed by atoms with Gasteiger partial charge in [-0.15, -0.1) is 0 Å². The molecular formula is C15H20ClNO3. The van der Waals surface area contributed by atoms with Crippen LogP contribution in [0, 0.1) is 0 Å². The van der Waals surface area contributed by atoms with Crippen molar-refractivity contribution >= 4 is 23.6 Å². The zero-order chi connectivity index (χ0) is 14.6. The highest BCUT2D eigenvalue weighted by Gasteiger charge is 1.95. The molecule has 0 aliphatic rings. The van der Waals surface area contributed by atoms with Gasteiger partial charge in [0.15, 0.2) is 0 Å². The summed E-state index contributed by atoms with van der Waals surface area (Å²) in [6, 6.07) is 7.29. The number of rotatable bonds is 9. The minimum Gasteiger partial charge on any atom is -0.382 e. The van der Waals surface area contributed by atoms with Crippen LogP contribution in [0.25, 0.3) is 6.08 Å². The van der Waals surface area contributed by atoms with Crippen LogP contribution in [0.4, 0.5) is 0 Å². The van der Waals surface area contributed by atoms with Crippen LogP contribution in [0.5, 0.6) is 0 Å². The maximum Gasteiger partial charge on any atom is 0.244 e. The van der Waals surface area contributed by atoms with E-state index in [4.69, 9.17) is 21.1 Å². The van der Waals surface area contributed by atoms with E-state index >= 15 is 0 Å². The third kappa shape index (κ3) is 7.94. The van der Waals surface area contributed by atoms with E-state index in [0.717, 1.165) is 12.0 Å². The van der Waals surface area contributed by atoms with Crippen molar-refractivity contribution in [3.63, 3.8) is 0 Å². The number of benzene rings is 1. The molecule has 0 saturated heterocycles. The van der Waals surface area contributed by atoms with Crippen LogP contribution in [0.15, 0.2) is 30.3 Å². The molecule has 1 rings (SSSR count). The van der Waals surface area contributed by atoms with Crippen LogP contribution in [-0.2, 0) is 14.3 Å². The predicted octanol–water partition coefficient (Wildman–Crippen LogP) is 2.52. The number of hydrogen-bond donors (Lipinski definition) is 1. The highest BCUT2D eigenvalue weighted by molar-refractivity contribution is 6.30. The fraction of sp³-hybridized carbons (Fsp3) is 0.400. The van der Waals surface area contributed by atoms with Gasteiger partial charge in [-0.05, 0) is 30.2 Å². The SMILES string of the molecule is COCCOCCCNC(=O)/C=C/c1ccc(Cl)cc1. The lowest BCUT2D eigenvalue weighted by Crippen LogP contribution is -2.23. The maximum atomic E-state index is 11.5. The minimum absolute atomic E-state index is 0.114. The van der Waals surface area contributed by atoms with Gasteiger partial charge in [-0.1, -0.05) is 23.7 Å². The number of halogens is 1. The van der Waals surface area contributed by atoms with Gasteiger partial charge in [0.05, 0.1) is 13.2 Å². The Morgan fingerprint density at radius 1 is 1.25 bits per heavy atom. The second-order valence-corrected chi connectivity index (χ2v) is 4.57. The van der Waals surface area contributed by atoms with Crippen molar-refractivity contribution in [2.24, 2.45) is 0 Å². The standard InChI is InChI=1S/C15H20ClNO3/c1-19-11-12-20-10-2-9-17-15(18)8-5-13-3-6-14(16)7-4-13/h3-8H,2,9-12H2,1H3,(H,17,18)/b8-5+. The Labute approximate surface area is 124 Å². The summed E-state index contributed by atoms with van der Waals surface area (Å²) in [7, 11) is 1.64. The number of amides is 1. The molecule has 20 heavy (non-hydrogen) atoms. The Kier molecular flexibility index (Phi) is 8.71. The van der Waals surface area contributed by atoms with Crippen molar-refractivity contribution in [3.05, 3.63) is 40.9 Å². The zero-order valence-corrected chi connectivity index (χ0v) is 12.4. The first kappa shape index (κ1) is 16.7. The van der Waals surface area contributed by atoms with Crippen molar-refractivity contribution in [2.75, 3.05) is 33.5 Å². The molecule has 0 aliphatic carbocycles. The largest absolute Gasteiger partial charge is 0.382 e. The van der Waals surface area contributed by atoms with Gasteiger partial charge in [-0.3, -0.25) is 4.79 Å². The van der Waals surface area contributed by atoms with E-state index in [1.54, 1.807) is 25.3 Å². The Morgan fingerprint density at radius 2 is 2.00 bits per heavy atom. The Balaban J connectivity index is 2.12. The van der Waals surface area contributed by atoms with Crippen molar-refractivity contribution in [1.29, 1.82) is 0 Å². The fourth-order valence-electron chi connectivity index (χ4n) is 1.43. The summed E-state index contributed by atoms with van der Waals surface area (Å²) in [6.45, 7) is 2.39. The second kappa shape index (κ2) is 10.4. The van der Waals surface area contributed by atoms with Crippen LogP contribution in [0.3, 0.4) is 0 Å². The average molecular weight is 298 g/mol. The molecule has 1 amide bonds. The van der Waals surface area contributed by atoms with E-state index < -0.39 is 0 Å². The first-order valence-electron chi connectivity index (χ1n) is 6.50. The lowest BCUT2D eigenvalue weighted by molar-refractivity contribution is -0.116. The van der Waals surface area contributed by atoms with E-state index in [9.17, 15) is 4.79 Å². The van der Waals surface area contributed by atoms with E-state index in [2.05, 4.69) is 5.32 Å². The van der Waals surface area contributed by atoms with Gasteiger partial charge >= 0.3 is 0 Å². The number of methoxy groups -OCH3 is 1. The van der Waals surface area contributed by atoms with Crippen molar-refractivity contribution in [1.82, 2.24) is 5.32 Å². The smallest absolute Gasteiger partial charge is 0.244 e. The van der Waals surface area contributed by atoms with E-state index in [0.29, 0.717) is 31.4 Å². The molecule has 1 aromatic rings. The number of carbonyl (C=O) groups excluding carboxylic acids is 1. The molecule has 0 aromatic heterocycles. The fourth-order valence-corrected chi connectivity index (χ4v) is 1.56. The summed E-state index contributed by atoms with van der Waals surface area (Å²) >= 11 is 5.78. The lowest BCUT2D eigenvalue weighted by atomic mass is 10.2. The number of nitrogens with one attached hydrogen (secondary N) is 1. The topological polar surface area (TPSA) is 47.6 Å². The quantitative estimate of drug-likeness (QED) is 0.563. The highest BCUT2D eigenvalue weighted by atomic mass is 35.5. The number of carbonyl (C=O) groups is 1. The average Bonchev–Trinajstić information content (AvgIpc) is 2.46. The summed E-state index contributed by atoms with van der Waals surface area (Å²) in [6.07, 6.45) is 4.04. The second-order valence-electron chi connectivity index (χ2n) is 4.13. The third-order valence-electron chi connectivity index (χ3n) is 2.49. The molecule has 0 unspecified atom stereocenters. The summed E-state index contributed by atoms with van der Waals surface area (Å²) in [4.78, 5) is 11.5. The highest BCUT2D eigenvalue weighted by Crippen LogP contribution is 2.10. The van der Waals surface area contributed by atoms with Crippen LogP contribution in [0.2, 0.25) is 5.02 Å². The van der Waals surface area contributed by atoms with Crippen LogP contribution in [0.1, 0.15) is 12.0 Å². The molecule has 4 nitrogen and oxygen atoms in total. The lowest BCUT2D eigenvalue weighted by Gasteiger charge is -2.04. The molecule has 0 heterocycles. The van der Waals surface area contributed by atoms with Gasteiger partial charge in [0.1, 0.15) is 0 Å². The van der Waals surface area contributed by atoms with E-state index in [-0.39, 0.29) is 5.91 Å². The molecule has 0 radical (unpaired) electrons. The van der Waals surface area contributed by atoms with Gasteiger partial charge < -0.3 is 14.8 Å². The Hall–Kier alpha value is -1.36. The molecule has 0 fully saturated rings. The summed E-state index contributed by atoms with van der Waals surface area (Å²) in [5.74, 6) is -0.114. The first-order chi connectivity index (χ1) is 9.72. The van der Waals surface area contributed by atoms with Gasteiger partial charge in [0.2, 0.25) is 5.91 Å². The van der Waals surface area contributed by atoms with E-state index in [1.165, 1.54) is 6.08 Å². The number of ether oxygens (including phenoxy) is 2. The third-order valence-corrected chi connectivity index (χ3v) is 2.75. The monoisotopic (exact) mass is 297 g/mol. The molecule has 0 atom stereocenters. The molecule has 0 spiro atoms. The van der Waals surface area contributed by atoms with E-state index in [1.807, 2.05) is 12.1 Å². The van der Waals surface area contributed by atoms with Gasteiger partial charge in [0.25, 0.3) is 0 Å². The van der Waals surface area contributed by atoms with Gasteiger partial charge in [0, 0.05) is 31.4 Å². The first-order valence-corrected chi connectivity index (χ1v) is 6.88. The zero-order valence-electron chi connectivity index (χ0n) is 11.6. The van der Waals surface area contributed by atoms with Gasteiger partial charge in [-0.25, -0.2) is 0 Å². The predicted molar refractivity (Wildman–Crippen MR) is 80.8 cm³/mol. The van der Waals surface area contributed by atoms with Crippen molar-refractivity contribution < 1.29 is 14.3 Å². The molecule has 5 heteroatoms. The van der Waals surface area contributed by atoms with Crippen LogP contribution in [-0.4, -0.2) is 39.4 Å². The van der Waals surface area contributed by atoms with Crippen molar-refractivity contribution in [3.8, 4) is 0 Å². The summed E-state index contributed by atoms with van der Waals surface area (Å²) in [5, 5.41) is 3.47. The summed E-state index contributed by atoms with van der Waals surface area (Å²) < 4.78 is 10.1. The Bertz CT molecular complexity index is 418. The Morgan fingerprint density at radius 3 is 2.70 bits per heavy atom. The molecule has 1 aromatic carbocycles. The molecule has 0 bridgehead atoms. The number of hydrogen-bond acceptors (Lipinski definition) is 3. The molecule has 0 saturated carbocycles. The maximum absolute atomic E-state index is 11.5. The molecule has 0 aliphatic heterocycles. The van der Waals surface area contributed by atoms with Crippen LogP contribution < -0.4 is 5.32 Å². The molecule has 1 N–H and O–H groups in total. The van der Waals surface area contributed by atoms with Gasteiger partial charge in [-0.2, -0.15) is 0 Å². The minimum atomic E-state index is -0.114. The molecular weight excluding hydrogens is 278 g/mol. The molecule has 110 valence electrons. The summed E-state index contributed by atoms with van der Waals surface area (Å²) in [5.41, 5.74) is 0.937. The van der Waals surface area contributed by atoms with Crippen LogP contribution >= 0.6 is 11.6 Å². The normalized spacial score (nSPS) is 10.9. The van der Waals surface area contributed by atoms with Crippen molar-refractivity contribution in [2.45, 2.75) is 6.42 Å².